The highest BCUT2D eigenvalue weighted by molar-refractivity contribution is 6.33. The number of benzene rings is 2. The van der Waals surface area contributed by atoms with Gasteiger partial charge in [0.1, 0.15) is 23.1 Å². The molecule has 5 nitrogen and oxygen atoms in total. The molecule has 3 aromatic rings. The van der Waals surface area contributed by atoms with Crippen LogP contribution in [0.1, 0.15) is 6.42 Å². The molecule has 1 aromatic heterocycles. The predicted molar refractivity (Wildman–Crippen MR) is 123 cm³/mol. The van der Waals surface area contributed by atoms with Crippen LogP contribution in [0.5, 0.6) is 11.5 Å². The average Bonchev–Trinajstić information content (AvgIpc) is 3.24. The van der Waals surface area contributed by atoms with E-state index in [0.717, 1.165) is 25.3 Å². The molecule has 0 saturated carbocycles. The predicted octanol–water partition coefficient (Wildman–Crippen LogP) is 5.06. The van der Waals surface area contributed by atoms with Gasteiger partial charge in [0.25, 0.3) is 0 Å². The Labute approximate surface area is 186 Å². The molecule has 0 radical (unpaired) electrons. The number of aromatic nitrogens is 1. The fraction of sp³-hybridized carbons (Fsp3) is 0.292. The number of halogens is 2. The van der Waals surface area contributed by atoms with E-state index in [9.17, 15) is 9.50 Å². The molecule has 1 aliphatic heterocycles. The van der Waals surface area contributed by atoms with Gasteiger partial charge in [-0.25, -0.2) is 9.37 Å². The third kappa shape index (κ3) is 4.31. The Morgan fingerprint density at radius 2 is 2.00 bits per heavy atom. The molecule has 1 aliphatic rings. The number of hydrogen-bond acceptors (Lipinski definition) is 5. The molecule has 2 aromatic carbocycles. The largest absolute Gasteiger partial charge is 0.507 e. The van der Waals surface area contributed by atoms with Gasteiger partial charge in [0.15, 0.2) is 0 Å². The number of phenols is 1. The molecule has 7 heteroatoms. The standard InChI is InChI=1S/C24H25ClFN3O2/c1-28(2)16-9-10-29(14-16)23-12-15(24-19(25)5-4-6-20(24)26)11-21(27-23)18-8-7-17(31-3)13-22(18)30/h4-8,11-13,16,30H,9-10,14H2,1-3H3. The minimum absolute atomic E-state index is 0.0437. The van der Waals surface area contributed by atoms with Crippen LogP contribution in [0.25, 0.3) is 22.4 Å². The van der Waals surface area contributed by atoms with Crippen LogP contribution in [-0.2, 0) is 0 Å². The number of pyridine rings is 1. The molecule has 0 aliphatic carbocycles. The summed E-state index contributed by atoms with van der Waals surface area (Å²) in [6.45, 7) is 1.67. The lowest BCUT2D eigenvalue weighted by Gasteiger charge is -2.22. The summed E-state index contributed by atoms with van der Waals surface area (Å²) in [5.41, 5.74) is 2.03. The number of phenolic OH excluding ortho intramolecular Hbond substituents is 1. The molecule has 1 saturated heterocycles. The molecule has 31 heavy (non-hydrogen) atoms. The van der Waals surface area contributed by atoms with Gasteiger partial charge in [0, 0.05) is 36.3 Å². The van der Waals surface area contributed by atoms with Crippen molar-refractivity contribution >= 4 is 17.4 Å². The highest BCUT2D eigenvalue weighted by atomic mass is 35.5. The van der Waals surface area contributed by atoms with Crippen molar-refractivity contribution in [2.24, 2.45) is 0 Å². The van der Waals surface area contributed by atoms with Gasteiger partial charge in [0.05, 0.1) is 17.8 Å². The van der Waals surface area contributed by atoms with Crippen molar-refractivity contribution in [2.75, 3.05) is 39.2 Å². The number of rotatable bonds is 5. The van der Waals surface area contributed by atoms with Crippen molar-refractivity contribution < 1.29 is 14.2 Å². The molecule has 1 N–H and O–H groups in total. The minimum atomic E-state index is -0.401. The number of likely N-dealkylation sites (N-methyl/N-ethyl adjacent to an activating group) is 1. The Balaban J connectivity index is 1.85. The molecular formula is C24H25ClFN3O2. The molecule has 0 amide bonds. The van der Waals surface area contributed by atoms with E-state index in [1.54, 1.807) is 37.4 Å². The number of aromatic hydroxyl groups is 1. The Hall–Kier alpha value is -2.83. The topological polar surface area (TPSA) is 48.8 Å². The van der Waals surface area contributed by atoms with E-state index < -0.39 is 5.82 Å². The van der Waals surface area contributed by atoms with Crippen LogP contribution in [0.4, 0.5) is 10.2 Å². The lowest BCUT2D eigenvalue weighted by molar-refractivity contribution is 0.315. The van der Waals surface area contributed by atoms with Crippen LogP contribution >= 0.6 is 11.6 Å². The summed E-state index contributed by atoms with van der Waals surface area (Å²) >= 11 is 6.36. The Morgan fingerprint density at radius 3 is 2.65 bits per heavy atom. The smallest absolute Gasteiger partial charge is 0.132 e. The van der Waals surface area contributed by atoms with Gasteiger partial charge < -0.3 is 19.6 Å². The normalized spacial score (nSPS) is 16.2. The van der Waals surface area contributed by atoms with Crippen molar-refractivity contribution in [3.63, 3.8) is 0 Å². The average molecular weight is 442 g/mol. The van der Waals surface area contributed by atoms with Gasteiger partial charge in [-0.3, -0.25) is 0 Å². The summed E-state index contributed by atoms with van der Waals surface area (Å²) in [5, 5.41) is 10.9. The fourth-order valence-corrected chi connectivity index (χ4v) is 4.23. The van der Waals surface area contributed by atoms with Gasteiger partial charge in [-0.05, 0) is 62.5 Å². The number of nitrogens with zero attached hydrogens (tertiary/aromatic N) is 3. The molecule has 1 fully saturated rings. The summed E-state index contributed by atoms with van der Waals surface area (Å²) < 4.78 is 19.9. The monoisotopic (exact) mass is 441 g/mol. The Kier molecular flexibility index (Phi) is 6.03. The number of anilines is 1. The van der Waals surface area contributed by atoms with Crippen LogP contribution in [0.15, 0.2) is 48.5 Å². The number of methoxy groups -OCH3 is 1. The second-order valence-corrected chi connectivity index (χ2v) is 8.34. The van der Waals surface area contributed by atoms with E-state index >= 15 is 0 Å². The Bertz CT molecular complexity index is 1090. The molecule has 1 atom stereocenters. The molecule has 0 bridgehead atoms. The van der Waals surface area contributed by atoms with Crippen LogP contribution in [0.2, 0.25) is 5.02 Å². The van der Waals surface area contributed by atoms with Gasteiger partial charge in [-0.15, -0.1) is 0 Å². The van der Waals surface area contributed by atoms with E-state index in [2.05, 4.69) is 23.9 Å². The van der Waals surface area contributed by atoms with Gasteiger partial charge >= 0.3 is 0 Å². The summed E-state index contributed by atoms with van der Waals surface area (Å²) in [4.78, 5) is 9.21. The molecular weight excluding hydrogens is 417 g/mol. The molecule has 162 valence electrons. The third-order valence-electron chi connectivity index (χ3n) is 5.76. The van der Waals surface area contributed by atoms with Crippen molar-refractivity contribution in [2.45, 2.75) is 12.5 Å². The first-order valence-electron chi connectivity index (χ1n) is 10.1. The van der Waals surface area contributed by atoms with Crippen molar-refractivity contribution in [3.05, 3.63) is 59.4 Å². The highest BCUT2D eigenvalue weighted by Gasteiger charge is 2.26. The van der Waals surface area contributed by atoms with Crippen LogP contribution in [-0.4, -0.2) is 55.3 Å². The zero-order valence-corrected chi connectivity index (χ0v) is 18.5. The zero-order chi connectivity index (χ0) is 22.1. The molecule has 4 rings (SSSR count). The van der Waals surface area contributed by atoms with Gasteiger partial charge in [-0.2, -0.15) is 0 Å². The maximum absolute atomic E-state index is 14.7. The summed E-state index contributed by atoms with van der Waals surface area (Å²) in [5.74, 6) is 0.916. The Morgan fingerprint density at radius 1 is 1.19 bits per heavy atom. The minimum Gasteiger partial charge on any atom is -0.507 e. The first kappa shape index (κ1) is 21.4. The first-order chi connectivity index (χ1) is 14.9. The quantitative estimate of drug-likeness (QED) is 0.599. The summed E-state index contributed by atoms with van der Waals surface area (Å²) in [7, 11) is 5.68. The zero-order valence-electron chi connectivity index (χ0n) is 17.8. The molecule has 1 unspecified atom stereocenters. The lowest BCUT2D eigenvalue weighted by atomic mass is 10.0. The van der Waals surface area contributed by atoms with E-state index in [4.69, 9.17) is 21.3 Å². The summed E-state index contributed by atoms with van der Waals surface area (Å²) in [6.07, 6.45) is 1.02. The second-order valence-electron chi connectivity index (χ2n) is 7.93. The number of hydrogen-bond donors (Lipinski definition) is 1. The maximum atomic E-state index is 14.7. The van der Waals surface area contributed by atoms with Crippen LogP contribution < -0.4 is 9.64 Å². The van der Waals surface area contributed by atoms with Gasteiger partial charge in [0.2, 0.25) is 0 Å². The summed E-state index contributed by atoms with van der Waals surface area (Å²) in [6, 6.07) is 13.7. The number of ether oxygens (including phenoxy) is 1. The third-order valence-corrected chi connectivity index (χ3v) is 6.08. The van der Waals surface area contributed by atoms with E-state index in [0.29, 0.717) is 39.2 Å². The van der Waals surface area contributed by atoms with Crippen molar-refractivity contribution in [3.8, 4) is 33.9 Å². The molecule has 0 spiro atoms. The first-order valence-corrected chi connectivity index (χ1v) is 10.5. The van der Waals surface area contributed by atoms with Crippen molar-refractivity contribution in [1.82, 2.24) is 9.88 Å². The van der Waals surface area contributed by atoms with Gasteiger partial charge in [-0.1, -0.05) is 17.7 Å². The van der Waals surface area contributed by atoms with E-state index in [-0.39, 0.29) is 5.75 Å². The lowest BCUT2D eigenvalue weighted by Crippen LogP contribution is -2.31. The van der Waals surface area contributed by atoms with E-state index in [1.165, 1.54) is 12.1 Å². The van der Waals surface area contributed by atoms with Crippen molar-refractivity contribution in [1.29, 1.82) is 0 Å². The van der Waals surface area contributed by atoms with Crippen LogP contribution in [0.3, 0.4) is 0 Å². The van der Waals surface area contributed by atoms with E-state index in [1.807, 2.05) is 6.07 Å². The maximum Gasteiger partial charge on any atom is 0.132 e. The fourth-order valence-electron chi connectivity index (χ4n) is 3.96. The molecule has 2 heterocycles. The van der Waals surface area contributed by atoms with Crippen LogP contribution in [0, 0.1) is 5.82 Å². The SMILES string of the molecule is COc1ccc(-c2cc(-c3c(F)cccc3Cl)cc(N3CCC(N(C)C)C3)n2)c(O)c1. The second kappa shape index (κ2) is 8.73. The highest BCUT2D eigenvalue weighted by Crippen LogP contribution is 2.38.